The molecule has 0 aliphatic carbocycles. The van der Waals surface area contributed by atoms with Gasteiger partial charge in [0, 0.05) is 36.1 Å². The van der Waals surface area contributed by atoms with E-state index in [4.69, 9.17) is 4.74 Å². The zero-order valence-corrected chi connectivity index (χ0v) is 16.2. The van der Waals surface area contributed by atoms with Gasteiger partial charge in [0.25, 0.3) is 0 Å². The number of carbonyl (C=O) groups is 1. The highest BCUT2D eigenvalue weighted by molar-refractivity contribution is 5.90. The number of hydrogen-bond donors (Lipinski definition) is 2. The molecule has 2 N–H and O–H groups in total. The molecule has 2 aliphatic heterocycles. The van der Waals surface area contributed by atoms with Crippen LogP contribution in [0.4, 0.5) is 5.69 Å². The third-order valence-corrected chi connectivity index (χ3v) is 5.16. The molecule has 1 aromatic carbocycles. The van der Waals surface area contributed by atoms with Crippen LogP contribution in [-0.4, -0.2) is 28.0 Å². The van der Waals surface area contributed by atoms with E-state index in [1.54, 1.807) is 6.20 Å². The van der Waals surface area contributed by atoms with Crippen LogP contribution in [0.25, 0.3) is 0 Å². The van der Waals surface area contributed by atoms with Crippen molar-refractivity contribution in [3.8, 4) is 11.8 Å². The van der Waals surface area contributed by atoms with Crippen LogP contribution in [0.2, 0.25) is 0 Å². The molecule has 4 rings (SSSR count). The van der Waals surface area contributed by atoms with Crippen molar-refractivity contribution in [3.63, 3.8) is 0 Å². The average molecular weight is 389 g/mol. The molecule has 6 nitrogen and oxygen atoms in total. The molecule has 2 fully saturated rings. The van der Waals surface area contributed by atoms with Gasteiger partial charge in [-0.2, -0.15) is 0 Å². The number of rotatable bonds is 5. The molecular formula is C20H25ClN4O2. The number of nitrogens with zero attached hydrogens (tertiary/aromatic N) is 2. The maximum absolute atomic E-state index is 12.3. The molecule has 0 radical (unpaired) electrons. The minimum atomic E-state index is 0. The Morgan fingerprint density at radius 1 is 1.19 bits per heavy atom. The maximum atomic E-state index is 12.3. The average Bonchev–Trinajstić information content (AvgIpc) is 2.95. The van der Waals surface area contributed by atoms with E-state index in [1.165, 1.54) is 12.8 Å². The highest BCUT2D eigenvalue weighted by atomic mass is 35.5. The molecule has 7 heteroatoms. The molecule has 1 aromatic heterocycles. The van der Waals surface area contributed by atoms with Crippen LogP contribution in [0.3, 0.4) is 0 Å². The molecular weight excluding hydrogens is 364 g/mol. The fourth-order valence-corrected chi connectivity index (χ4v) is 4.00. The van der Waals surface area contributed by atoms with Crippen LogP contribution in [0.1, 0.15) is 37.8 Å². The van der Waals surface area contributed by atoms with Crippen molar-refractivity contribution in [1.82, 2.24) is 15.3 Å². The third-order valence-electron chi connectivity index (χ3n) is 5.16. The van der Waals surface area contributed by atoms with Crippen LogP contribution in [0, 0.1) is 12.8 Å². The van der Waals surface area contributed by atoms with E-state index < -0.39 is 0 Å². The topological polar surface area (TPSA) is 76.1 Å². The predicted molar refractivity (Wildman–Crippen MR) is 106 cm³/mol. The number of aromatic nitrogens is 2. The smallest absolute Gasteiger partial charge is 0.322 e. The molecule has 144 valence electrons. The van der Waals surface area contributed by atoms with E-state index in [0.29, 0.717) is 36.2 Å². The van der Waals surface area contributed by atoms with E-state index >= 15 is 0 Å². The van der Waals surface area contributed by atoms with Gasteiger partial charge in [-0.25, -0.2) is 9.97 Å². The summed E-state index contributed by atoms with van der Waals surface area (Å²) in [4.78, 5) is 20.6. The number of ether oxygens (including phenoxy) is 1. The fourth-order valence-electron chi connectivity index (χ4n) is 4.00. The van der Waals surface area contributed by atoms with Gasteiger partial charge in [0.2, 0.25) is 5.91 Å². The third kappa shape index (κ3) is 5.17. The number of fused-ring (bicyclic) bond motifs is 2. The largest absolute Gasteiger partial charge is 0.424 e. The van der Waals surface area contributed by atoms with Crippen molar-refractivity contribution in [2.24, 2.45) is 5.92 Å². The molecule has 2 aliphatic rings. The first-order chi connectivity index (χ1) is 12.6. The van der Waals surface area contributed by atoms with E-state index in [2.05, 4.69) is 20.6 Å². The molecule has 2 aromatic rings. The van der Waals surface area contributed by atoms with Gasteiger partial charge in [0.15, 0.2) is 0 Å². The molecule has 2 unspecified atom stereocenters. The molecule has 2 atom stereocenters. The number of piperidine rings is 1. The van der Waals surface area contributed by atoms with Gasteiger partial charge in [-0.05, 0) is 68.9 Å². The monoisotopic (exact) mass is 388 g/mol. The van der Waals surface area contributed by atoms with Gasteiger partial charge in [-0.1, -0.05) is 0 Å². The summed E-state index contributed by atoms with van der Waals surface area (Å²) >= 11 is 0. The van der Waals surface area contributed by atoms with Gasteiger partial charge >= 0.3 is 6.01 Å². The Labute approximate surface area is 165 Å². The number of amides is 1. The second-order valence-corrected chi connectivity index (χ2v) is 7.33. The summed E-state index contributed by atoms with van der Waals surface area (Å²) in [5.74, 6) is 1.23. The SMILES string of the molecule is Cc1ccnc(Oc2ccc(NC(=O)CC3CC4CCC(C3)N4)cc2)n1.Cl. The summed E-state index contributed by atoms with van der Waals surface area (Å²) in [5, 5.41) is 6.61. The predicted octanol–water partition coefficient (Wildman–Crippen LogP) is 3.86. The molecule has 27 heavy (non-hydrogen) atoms. The normalized spacial score (nSPS) is 23.4. The summed E-state index contributed by atoms with van der Waals surface area (Å²) in [6.07, 6.45) is 7.02. The van der Waals surface area contributed by atoms with Crippen molar-refractivity contribution in [3.05, 3.63) is 42.2 Å². The Kier molecular flexibility index (Phi) is 6.29. The zero-order valence-electron chi connectivity index (χ0n) is 15.4. The van der Waals surface area contributed by atoms with Crippen molar-refractivity contribution in [2.75, 3.05) is 5.32 Å². The van der Waals surface area contributed by atoms with E-state index in [0.717, 1.165) is 24.2 Å². The second kappa shape index (κ2) is 8.67. The lowest BCUT2D eigenvalue weighted by Gasteiger charge is -2.28. The van der Waals surface area contributed by atoms with Crippen LogP contribution in [0.5, 0.6) is 11.8 Å². The van der Waals surface area contributed by atoms with Gasteiger partial charge in [-0.3, -0.25) is 4.79 Å². The molecule has 2 bridgehead atoms. The molecule has 0 saturated carbocycles. The molecule has 3 heterocycles. The number of anilines is 1. The standard InChI is InChI=1S/C20H24N4O2.ClH/c1-13-8-9-21-20(22-13)26-18-6-4-15(5-7-18)24-19(25)12-14-10-16-2-3-17(11-14)23-16;/h4-9,14,16-17,23H,2-3,10-12H2,1H3,(H,24,25);1H. The van der Waals surface area contributed by atoms with Gasteiger partial charge < -0.3 is 15.4 Å². The molecule has 1 amide bonds. The van der Waals surface area contributed by atoms with Crippen molar-refractivity contribution >= 4 is 24.0 Å². The van der Waals surface area contributed by atoms with Crippen molar-refractivity contribution < 1.29 is 9.53 Å². The first-order valence-corrected chi connectivity index (χ1v) is 9.27. The highest BCUT2D eigenvalue weighted by Crippen LogP contribution is 2.32. The summed E-state index contributed by atoms with van der Waals surface area (Å²) in [7, 11) is 0. The zero-order chi connectivity index (χ0) is 17.9. The Balaban J connectivity index is 0.00000210. The summed E-state index contributed by atoms with van der Waals surface area (Å²) < 4.78 is 5.63. The van der Waals surface area contributed by atoms with Gasteiger partial charge in [-0.15, -0.1) is 12.4 Å². The van der Waals surface area contributed by atoms with Crippen LogP contribution in [-0.2, 0) is 4.79 Å². The number of nitrogens with one attached hydrogen (secondary N) is 2. The first-order valence-electron chi connectivity index (χ1n) is 9.27. The number of hydrogen-bond acceptors (Lipinski definition) is 5. The molecule has 2 saturated heterocycles. The van der Waals surface area contributed by atoms with E-state index in [1.807, 2.05) is 37.3 Å². The minimum absolute atomic E-state index is 0. The van der Waals surface area contributed by atoms with Gasteiger partial charge in [0.1, 0.15) is 5.75 Å². The highest BCUT2D eigenvalue weighted by Gasteiger charge is 2.34. The quantitative estimate of drug-likeness (QED) is 0.813. The maximum Gasteiger partial charge on any atom is 0.322 e. The number of halogens is 1. The van der Waals surface area contributed by atoms with E-state index in [-0.39, 0.29) is 18.3 Å². The van der Waals surface area contributed by atoms with E-state index in [9.17, 15) is 4.79 Å². The van der Waals surface area contributed by atoms with Crippen LogP contribution < -0.4 is 15.4 Å². The Morgan fingerprint density at radius 2 is 1.89 bits per heavy atom. The number of aryl methyl sites for hydroxylation is 1. The van der Waals surface area contributed by atoms with Crippen molar-refractivity contribution in [2.45, 2.75) is 51.1 Å². The summed E-state index contributed by atoms with van der Waals surface area (Å²) in [5.41, 5.74) is 1.63. The van der Waals surface area contributed by atoms with Gasteiger partial charge in [0.05, 0.1) is 0 Å². The molecule has 0 spiro atoms. The lowest BCUT2D eigenvalue weighted by molar-refractivity contribution is -0.117. The van der Waals surface area contributed by atoms with Crippen LogP contribution >= 0.6 is 12.4 Å². The summed E-state index contributed by atoms with van der Waals surface area (Å²) in [6.45, 7) is 1.89. The fraction of sp³-hybridized carbons (Fsp3) is 0.450. The van der Waals surface area contributed by atoms with Crippen molar-refractivity contribution in [1.29, 1.82) is 0 Å². The second-order valence-electron chi connectivity index (χ2n) is 7.33. The Bertz CT molecular complexity index is 772. The Morgan fingerprint density at radius 3 is 2.56 bits per heavy atom. The minimum Gasteiger partial charge on any atom is -0.424 e. The first kappa shape index (κ1) is 19.6. The summed E-state index contributed by atoms with van der Waals surface area (Å²) in [6, 6.07) is 10.7. The van der Waals surface area contributed by atoms with Crippen LogP contribution in [0.15, 0.2) is 36.5 Å². The lowest BCUT2D eigenvalue weighted by atomic mass is 9.89. The Hall–Kier alpha value is -2.18. The lowest BCUT2D eigenvalue weighted by Crippen LogP contribution is -2.39. The number of carbonyl (C=O) groups excluding carboxylic acids is 1. The number of benzene rings is 1.